The van der Waals surface area contributed by atoms with E-state index in [2.05, 4.69) is 41.7 Å². The first-order valence-electron chi connectivity index (χ1n) is 8.41. The molecule has 5 heteroatoms. The van der Waals surface area contributed by atoms with Crippen LogP contribution in [0.15, 0.2) is 34.7 Å². The van der Waals surface area contributed by atoms with Crippen LogP contribution in [0.5, 0.6) is 0 Å². The maximum Gasteiger partial charge on any atom is 0.0991 e. The molecule has 4 nitrogen and oxygen atoms in total. The molecule has 1 atom stereocenters. The number of benzene rings is 1. The van der Waals surface area contributed by atoms with Crippen molar-refractivity contribution in [3.63, 3.8) is 0 Å². The van der Waals surface area contributed by atoms with Gasteiger partial charge in [-0.2, -0.15) is 5.26 Å². The molecule has 0 aromatic heterocycles. The van der Waals surface area contributed by atoms with Crippen molar-refractivity contribution in [2.45, 2.75) is 38.6 Å². The first-order chi connectivity index (χ1) is 11.5. The highest BCUT2D eigenvalue weighted by Crippen LogP contribution is 2.25. The molecule has 0 amide bonds. The largest absolute Gasteiger partial charge is 0.374 e. The Morgan fingerprint density at radius 2 is 2.38 bits per heavy atom. The van der Waals surface area contributed by atoms with Gasteiger partial charge in [-0.25, -0.2) is 0 Å². The summed E-state index contributed by atoms with van der Waals surface area (Å²) in [4.78, 5) is 4.51. The molecule has 0 bridgehead atoms. The lowest BCUT2D eigenvalue weighted by molar-refractivity contribution is 0.539. The van der Waals surface area contributed by atoms with Crippen molar-refractivity contribution in [2.24, 2.45) is 10.7 Å². The number of allylic oxidation sites excluding steroid dienone is 1. The molecule has 24 heavy (non-hydrogen) atoms. The fourth-order valence-corrected chi connectivity index (χ4v) is 3.68. The normalized spacial score (nSPS) is 17.4. The Labute approximate surface area is 149 Å². The number of aliphatic imine (C=N–C) groups is 1. The summed E-state index contributed by atoms with van der Waals surface area (Å²) in [5.41, 5.74) is 9.20. The standard InChI is InChI=1S/C19H26N4S/c1-3-16(17-7-4-6-15(10-17)12-20)13-24-14-19(2,21)11-18-22-8-5-9-23-18/h4,6-7,10,13H,3,5,8-9,11,14,21H2,1-2H3,(H,22,23)/b16-13+/t19-/m0/s1. The number of hydrogen-bond acceptors (Lipinski definition) is 5. The number of nitriles is 1. The molecule has 3 N–H and O–H groups in total. The second-order valence-corrected chi connectivity index (χ2v) is 7.30. The van der Waals surface area contributed by atoms with E-state index in [9.17, 15) is 0 Å². The minimum Gasteiger partial charge on any atom is -0.374 e. The third-order valence-corrected chi connectivity index (χ3v) is 5.20. The van der Waals surface area contributed by atoms with Crippen molar-refractivity contribution >= 4 is 23.2 Å². The number of nitrogens with two attached hydrogens (primary N) is 1. The average Bonchev–Trinajstić information content (AvgIpc) is 2.59. The highest BCUT2D eigenvalue weighted by atomic mass is 32.2. The van der Waals surface area contributed by atoms with Crippen molar-refractivity contribution in [2.75, 3.05) is 18.8 Å². The van der Waals surface area contributed by atoms with Gasteiger partial charge in [0.2, 0.25) is 0 Å². The zero-order valence-corrected chi connectivity index (χ0v) is 15.3. The quantitative estimate of drug-likeness (QED) is 0.795. The molecule has 1 aromatic carbocycles. The molecule has 0 radical (unpaired) electrons. The van der Waals surface area contributed by atoms with Crippen LogP contribution in [0.3, 0.4) is 0 Å². The highest BCUT2D eigenvalue weighted by molar-refractivity contribution is 8.02. The number of rotatable bonds is 7. The predicted octanol–water partition coefficient (Wildman–Crippen LogP) is 3.54. The molecule has 0 aliphatic carbocycles. The van der Waals surface area contributed by atoms with E-state index in [0.29, 0.717) is 5.56 Å². The van der Waals surface area contributed by atoms with Gasteiger partial charge in [0.25, 0.3) is 0 Å². The molecule has 1 aromatic rings. The van der Waals surface area contributed by atoms with E-state index in [-0.39, 0.29) is 5.54 Å². The second kappa shape index (κ2) is 8.91. The Hall–Kier alpha value is -1.77. The monoisotopic (exact) mass is 342 g/mol. The summed E-state index contributed by atoms with van der Waals surface area (Å²) in [5.74, 6) is 1.86. The van der Waals surface area contributed by atoms with Gasteiger partial charge in [-0.05, 0) is 48.4 Å². The molecule has 128 valence electrons. The van der Waals surface area contributed by atoms with Gasteiger partial charge in [-0.15, -0.1) is 11.8 Å². The van der Waals surface area contributed by atoms with E-state index in [0.717, 1.165) is 49.5 Å². The van der Waals surface area contributed by atoms with Crippen LogP contribution < -0.4 is 11.1 Å². The first-order valence-corrected chi connectivity index (χ1v) is 9.46. The smallest absolute Gasteiger partial charge is 0.0991 e. The van der Waals surface area contributed by atoms with Crippen molar-refractivity contribution in [1.29, 1.82) is 5.26 Å². The van der Waals surface area contributed by atoms with Crippen molar-refractivity contribution in [3.8, 4) is 6.07 Å². The third-order valence-electron chi connectivity index (χ3n) is 3.92. The Morgan fingerprint density at radius 1 is 1.54 bits per heavy atom. The van der Waals surface area contributed by atoms with Crippen LogP contribution in [0, 0.1) is 11.3 Å². The van der Waals surface area contributed by atoms with E-state index in [4.69, 9.17) is 11.0 Å². The van der Waals surface area contributed by atoms with E-state index in [1.54, 1.807) is 11.8 Å². The van der Waals surface area contributed by atoms with Gasteiger partial charge < -0.3 is 11.1 Å². The van der Waals surface area contributed by atoms with Crippen LogP contribution in [0.1, 0.15) is 44.2 Å². The van der Waals surface area contributed by atoms with Crippen molar-refractivity contribution < 1.29 is 0 Å². The molecule has 1 aliphatic heterocycles. The number of nitrogens with zero attached hydrogens (tertiary/aromatic N) is 2. The van der Waals surface area contributed by atoms with Crippen LogP contribution >= 0.6 is 11.8 Å². The Bertz CT molecular complexity index is 656. The van der Waals surface area contributed by atoms with Crippen LogP contribution in [0.2, 0.25) is 0 Å². The zero-order chi connectivity index (χ0) is 17.4. The van der Waals surface area contributed by atoms with Gasteiger partial charge >= 0.3 is 0 Å². The summed E-state index contributed by atoms with van der Waals surface area (Å²) in [6.45, 7) is 6.11. The van der Waals surface area contributed by atoms with Gasteiger partial charge in [0, 0.05) is 30.8 Å². The highest BCUT2D eigenvalue weighted by Gasteiger charge is 2.21. The van der Waals surface area contributed by atoms with E-state index >= 15 is 0 Å². The average molecular weight is 343 g/mol. The number of hydrogen-bond donors (Lipinski definition) is 2. The van der Waals surface area contributed by atoms with Gasteiger partial charge in [-0.1, -0.05) is 19.1 Å². The minimum atomic E-state index is -0.294. The first kappa shape index (κ1) is 18.6. The Balaban J connectivity index is 1.97. The molecular formula is C19H26N4S. The summed E-state index contributed by atoms with van der Waals surface area (Å²) in [6, 6.07) is 9.96. The van der Waals surface area contributed by atoms with Crippen LogP contribution in [0.4, 0.5) is 0 Å². The summed E-state index contributed by atoms with van der Waals surface area (Å²) in [7, 11) is 0. The van der Waals surface area contributed by atoms with Gasteiger partial charge in [0.15, 0.2) is 0 Å². The predicted molar refractivity (Wildman–Crippen MR) is 104 cm³/mol. The molecule has 2 rings (SSSR count). The summed E-state index contributed by atoms with van der Waals surface area (Å²) >= 11 is 1.74. The minimum absolute atomic E-state index is 0.294. The lowest BCUT2D eigenvalue weighted by Gasteiger charge is -2.26. The third kappa shape index (κ3) is 5.70. The molecule has 0 saturated heterocycles. The summed E-state index contributed by atoms with van der Waals surface area (Å²) in [6.07, 6.45) is 2.81. The van der Waals surface area contributed by atoms with Crippen molar-refractivity contribution in [1.82, 2.24) is 5.32 Å². The fourth-order valence-electron chi connectivity index (χ4n) is 2.61. The van der Waals surface area contributed by atoms with Crippen LogP contribution in [-0.2, 0) is 0 Å². The molecular weight excluding hydrogens is 316 g/mol. The SMILES string of the molecule is CC/C(=C\SC[C@@](C)(N)CC1=NCCCN1)c1cccc(C#N)c1. The summed E-state index contributed by atoms with van der Waals surface area (Å²) < 4.78 is 0. The molecule has 0 fully saturated rings. The van der Waals surface area contributed by atoms with Crippen LogP contribution in [-0.4, -0.2) is 30.2 Å². The maximum atomic E-state index is 9.05. The number of amidine groups is 1. The maximum absolute atomic E-state index is 9.05. The lowest BCUT2D eigenvalue weighted by atomic mass is 10.0. The van der Waals surface area contributed by atoms with E-state index in [1.165, 1.54) is 5.57 Å². The zero-order valence-electron chi connectivity index (χ0n) is 14.5. The molecule has 0 spiro atoms. The van der Waals surface area contributed by atoms with E-state index < -0.39 is 0 Å². The number of thioether (sulfide) groups is 1. The lowest BCUT2D eigenvalue weighted by Crippen LogP contribution is -2.45. The molecule has 1 aliphatic rings. The fraction of sp³-hybridized carbons (Fsp3) is 0.474. The Kier molecular flexibility index (Phi) is 6.89. The summed E-state index contributed by atoms with van der Waals surface area (Å²) in [5, 5.41) is 14.6. The topological polar surface area (TPSA) is 74.2 Å². The molecule has 0 saturated carbocycles. The van der Waals surface area contributed by atoms with E-state index in [1.807, 2.05) is 18.2 Å². The van der Waals surface area contributed by atoms with Gasteiger partial charge in [0.1, 0.15) is 0 Å². The molecule has 0 unspecified atom stereocenters. The number of nitrogens with one attached hydrogen (secondary N) is 1. The van der Waals surface area contributed by atoms with Crippen molar-refractivity contribution in [3.05, 3.63) is 40.8 Å². The van der Waals surface area contributed by atoms with Gasteiger partial charge in [0.05, 0.1) is 17.5 Å². The molecule has 1 heterocycles. The Morgan fingerprint density at radius 3 is 3.04 bits per heavy atom. The van der Waals surface area contributed by atoms with Crippen LogP contribution in [0.25, 0.3) is 5.57 Å². The second-order valence-electron chi connectivity index (χ2n) is 6.44. The van der Waals surface area contributed by atoms with Gasteiger partial charge in [-0.3, -0.25) is 4.99 Å².